The van der Waals surface area contributed by atoms with Gasteiger partial charge in [-0.2, -0.15) is 0 Å². The first-order valence-corrected chi connectivity index (χ1v) is 39.7. The van der Waals surface area contributed by atoms with E-state index in [1.54, 1.807) is 131 Å². The summed E-state index contributed by atoms with van der Waals surface area (Å²) in [5.41, 5.74) is 0. The van der Waals surface area contributed by atoms with Gasteiger partial charge in [0, 0.05) is 0 Å². The quantitative estimate of drug-likeness (QED) is 0.0509. The molecule has 0 nitrogen and oxygen atoms in total. The molecule has 0 bridgehead atoms. The van der Waals surface area contributed by atoms with Gasteiger partial charge in [-0.3, -0.25) is 0 Å². The molecule has 10 heterocycles. The molecule has 0 N–H and O–H groups in total. The van der Waals surface area contributed by atoms with Gasteiger partial charge in [0.25, 0.3) is 0 Å². The molecule has 10 aliphatic heterocycles. The van der Waals surface area contributed by atoms with E-state index in [1.165, 1.54) is 82.8 Å². The summed E-state index contributed by atoms with van der Waals surface area (Å²) in [5.74, 6) is 0. The second-order valence-electron chi connectivity index (χ2n) is 23.8. The van der Waals surface area contributed by atoms with Crippen molar-refractivity contribution < 1.29 is 11.4 Å². The van der Waals surface area contributed by atoms with Gasteiger partial charge >= 0.3 is 268 Å². The molecule has 10 rings (SSSR count). The number of hydrogen-bond acceptors (Lipinski definition) is 0. The molecule has 10 fully saturated rings. The van der Waals surface area contributed by atoms with Crippen LogP contribution in [-0.4, -0.2) is 30.4 Å². The standard InChI is InChI=1S/C37H71P2.C5H5.Zr/c1-5-9-13-17-21-25-32-38(33-26-22-18-14-10-6-2)36-30-29-31-37(36)39(34-27-23-19-15-11-7-3)35-28-24-20-16-12-8-4;1-2-4-5-3-1;/h29-31H,5-28,32-35H2,1-4H3;1-5H;. The molecule has 0 radical (unpaired) electrons. The minimum absolute atomic E-state index is 0.370. The van der Waals surface area contributed by atoms with Crippen LogP contribution in [0.2, 0.25) is 29.0 Å². The third-order valence-corrected chi connectivity index (χ3v) is 149. The van der Waals surface area contributed by atoms with Crippen molar-refractivity contribution in [3.63, 3.8) is 0 Å². The molecular formula is C42H76P2Zr. The molecule has 45 heavy (non-hydrogen) atoms. The van der Waals surface area contributed by atoms with Crippen LogP contribution in [0.4, 0.5) is 0 Å². The predicted molar refractivity (Wildman–Crippen MR) is 202 cm³/mol. The van der Waals surface area contributed by atoms with Gasteiger partial charge in [0.2, 0.25) is 0 Å². The van der Waals surface area contributed by atoms with E-state index in [0.717, 1.165) is 0 Å². The van der Waals surface area contributed by atoms with E-state index in [1.807, 2.05) is 0 Å². The molecule has 4 unspecified atom stereocenters. The maximum absolute atomic E-state index is 3.99. The maximum atomic E-state index is 2.40. The zero-order valence-electron chi connectivity index (χ0n) is 30.8. The Labute approximate surface area is 266 Å². The van der Waals surface area contributed by atoms with Crippen LogP contribution in [-0.2, 0) is 11.4 Å². The van der Waals surface area contributed by atoms with Crippen molar-refractivity contribution in [1.82, 2.24) is 0 Å². The Bertz CT molecular complexity index is 1310. The van der Waals surface area contributed by atoms with Gasteiger partial charge in [-0.25, -0.2) is 0 Å². The van der Waals surface area contributed by atoms with E-state index in [2.05, 4.69) is 27.7 Å². The van der Waals surface area contributed by atoms with E-state index in [0.29, 0.717) is 15.8 Å². The summed E-state index contributed by atoms with van der Waals surface area (Å²) >= 11 is -3.99. The Morgan fingerprint density at radius 2 is 0.578 bits per heavy atom. The van der Waals surface area contributed by atoms with Gasteiger partial charge in [-0.1, -0.05) is 0 Å². The summed E-state index contributed by atoms with van der Waals surface area (Å²) in [6, 6.07) is 0. The van der Waals surface area contributed by atoms with E-state index in [-0.39, 0.29) is 0 Å². The normalized spacial score (nSPS) is 54.4. The summed E-state index contributed by atoms with van der Waals surface area (Å²) in [5, 5.41) is 0. The summed E-state index contributed by atoms with van der Waals surface area (Å²) in [6.07, 6.45) is 44.1. The molecule has 0 saturated carbocycles. The Hall–Kier alpha value is 1.74. The number of unbranched alkanes of at least 4 members (excludes halogenated alkanes) is 20. The van der Waals surface area contributed by atoms with Gasteiger partial charge in [-0.15, -0.1) is 0 Å². The van der Waals surface area contributed by atoms with Crippen molar-refractivity contribution in [3.05, 3.63) is 0 Å². The summed E-state index contributed by atoms with van der Waals surface area (Å²) in [6.45, 7) is 9.60. The fraction of sp³-hybridized carbons (Fsp3) is 1.00. The molecule has 0 aromatic rings. The molecule has 0 aromatic heterocycles. The Morgan fingerprint density at radius 3 is 0.800 bits per heavy atom. The van der Waals surface area contributed by atoms with Crippen LogP contribution in [0.1, 0.15) is 182 Å². The summed E-state index contributed by atoms with van der Waals surface area (Å²) < 4.78 is 15.0. The van der Waals surface area contributed by atoms with E-state index in [4.69, 9.17) is 0 Å². The Balaban J connectivity index is 0.919. The van der Waals surface area contributed by atoms with Gasteiger partial charge in [0.1, 0.15) is 0 Å². The average Bonchev–Trinajstić information content (AvgIpc) is 4.00. The zero-order chi connectivity index (χ0) is 30.9. The zero-order valence-corrected chi connectivity index (χ0v) is 35.1. The molecule has 1 spiro atoms. The van der Waals surface area contributed by atoms with Crippen molar-refractivity contribution in [1.29, 1.82) is 0 Å². The molecule has 10 saturated heterocycles. The monoisotopic (exact) mass is 732 g/mol. The van der Waals surface area contributed by atoms with Crippen LogP contribution in [0.25, 0.3) is 0 Å². The van der Waals surface area contributed by atoms with Crippen molar-refractivity contribution in [2.24, 2.45) is 0 Å². The van der Waals surface area contributed by atoms with Crippen LogP contribution >= 0.6 is 15.8 Å². The molecule has 0 aliphatic carbocycles. The van der Waals surface area contributed by atoms with Crippen LogP contribution in [0.15, 0.2) is 0 Å². The van der Waals surface area contributed by atoms with Crippen LogP contribution in [0, 0.1) is 0 Å². The van der Waals surface area contributed by atoms with Crippen molar-refractivity contribution in [2.45, 2.75) is 217 Å². The first-order valence-electron chi connectivity index (χ1n) is 22.5. The van der Waals surface area contributed by atoms with Crippen LogP contribution < -0.4 is 0 Å². The molecule has 10 aliphatic rings. The first-order chi connectivity index (χ1) is 22.0. The number of fused-ring (bicyclic) bond motifs is 10. The molecule has 4 atom stereocenters. The molecule has 258 valence electrons. The third kappa shape index (κ3) is 1.18. The molecule has 3 heteroatoms. The van der Waals surface area contributed by atoms with Crippen LogP contribution in [0.3, 0.4) is 0 Å². The fourth-order valence-corrected chi connectivity index (χ4v) is 321. The average molecular weight is 734 g/mol. The SMILES string of the molecule is CCCCCCCCP(CCCCCCCC)[C]12[CH]3[CH]4[CH]5[C]1(P(CCCCCCCC)CCCCCCCC)[Zr]43521678[CH]2[CH]1[CH]6[CH]7[CH]28. The number of rotatable bonds is 30. The van der Waals surface area contributed by atoms with Gasteiger partial charge in [0.05, 0.1) is 0 Å². The van der Waals surface area contributed by atoms with Crippen molar-refractivity contribution >= 4 is 15.8 Å². The molecule has 0 amide bonds. The molecule has 0 aromatic carbocycles. The summed E-state index contributed by atoms with van der Waals surface area (Å²) in [7, 11) is 0.740. The second kappa shape index (κ2) is 6.72. The molecular weight excluding hydrogens is 658 g/mol. The number of hydrogen-bond donors (Lipinski definition) is 0. The predicted octanol–water partition coefficient (Wildman–Crippen LogP) is 15.6. The van der Waals surface area contributed by atoms with Gasteiger partial charge in [-0.05, 0) is 0 Å². The second-order valence-corrected chi connectivity index (χ2v) is 82.9. The van der Waals surface area contributed by atoms with Crippen molar-refractivity contribution in [3.8, 4) is 0 Å². The Kier molecular flexibility index (Phi) is 4.70. The van der Waals surface area contributed by atoms with E-state index < -0.39 is 11.4 Å². The topological polar surface area (TPSA) is 0 Å². The Morgan fingerprint density at radius 1 is 0.333 bits per heavy atom. The van der Waals surface area contributed by atoms with Gasteiger partial charge in [0.15, 0.2) is 0 Å². The van der Waals surface area contributed by atoms with Crippen molar-refractivity contribution in [2.75, 3.05) is 24.6 Å². The third-order valence-electron chi connectivity index (χ3n) is 28.4. The van der Waals surface area contributed by atoms with Crippen LogP contribution in [0.5, 0.6) is 0 Å². The minimum atomic E-state index is -3.99. The summed E-state index contributed by atoms with van der Waals surface area (Å²) in [4.78, 5) is 0. The fourth-order valence-electron chi connectivity index (χ4n) is 31.4. The van der Waals surface area contributed by atoms with Gasteiger partial charge < -0.3 is 0 Å². The van der Waals surface area contributed by atoms with E-state index >= 15 is 0 Å². The van der Waals surface area contributed by atoms with E-state index in [9.17, 15) is 0 Å². The first kappa shape index (κ1) is 31.5.